The molecule has 2 radical (unpaired) electrons. The van der Waals surface area contributed by atoms with Crippen molar-refractivity contribution in [3.05, 3.63) is 49.2 Å². The van der Waals surface area contributed by atoms with E-state index in [-0.39, 0.29) is 11.8 Å². The third-order valence-corrected chi connectivity index (χ3v) is 4.25. The Bertz CT molecular complexity index is 506. The van der Waals surface area contributed by atoms with Crippen LogP contribution in [0.25, 0.3) is 0 Å². The summed E-state index contributed by atoms with van der Waals surface area (Å²) in [5.74, 6) is -0.692. The maximum atomic E-state index is 12.1. The summed E-state index contributed by atoms with van der Waals surface area (Å²) in [7, 11) is 0. The molecule has 1 aliphatic rings. The second-order valence-corrected chi connectivity index (χ2v) is 5.39. The molecular weight excluding hydrogens is 262 g/mol. The summed E-state index contributed by atoms with van der Waals surface area (Å²) in [6.45, 7) is 6.09. The smallest absolute Gasteiger partial charge is 0.323 e. The molecule has 3 nitrogen and oxygen atoms in total. The lowest BCUT2D eigenvalue weighted by Crippen LogP contribution is -2.28. The first-order valence-electron chi connectivity index (χ1n) is 7.46. The van der Waals surface area contributed by atoms with Crippen LogP contribution in [0.2, 0.25) is 0 Å². The zero-order valence-corrected chi connectivity index (χ0v) is 12.4. The van der Waals surface area contributed by atoms with Gasteiger partial charge < -0.3 is 4.74 Å². The van der Waals surface area contributed by atoms with E-state index in [1.54, 1.807) is 6.92 Å². The molecule has 0 N–H and O–H groups in total. The first kappa shape index (κ1) is 15.6. The number of nitriles is 1. The molecule has 4 unspecified atom stereocenters. The lowest BCUT2D eigenvalue weighted by molar-refractivity contribution is -0.147. The van der Waals surface area contributed by atoms with Crippen molar-refractivity contribution in [3.8, 4) is 6.07 Å². The molecule has 0 spiro atoms. The molecular formula is C18H21NO2. The predicted octanol–water partition coefficient (Wildman–Crippen LogP) is 3.54. The third-order valence-electron chi connectivity index (χ3n) is 4.25. The maximum Gasteiger partial charge on any atom is 0.323 e. The summed E-state index contributed by atoms with van der Waals surface area (Å²) in [5, 5.41) is 9.42. The molecule has 0 heterocycles. The van der Waals surface area contributed by atoms with Gasteiger partial charge in [-0.15, -0.1) is 0 Å². The van der Waals surface area contributed by atoms with Crippen molar-refractivity contribution < 1.29 is 9.53 Å². The van der Waals surface area contributed by atoms with Gasteiger partial charge >= 0.3 is 5.97 Å². The standard InChI is InChI=1S/C18H21NO2/c1-3-13-10-11-15(16(12-19)18(20)21-4-2)17(13)14-8-6-5-7-9-14/h5-9,11,13,15-17H,1,3-4,10H2,2H3. The monoisotopic (exact) mass is 283 g/mol. The second kappa shape index (κ2) is 7.26. The molecule has 1 aromatic carbocycles. The SMILES string of the molecule is [CH2]CC1C[CH]C(C(C#N)C(=O)OCC)C1c1ccccc1. The molecule has 2 rings (SSSR count). The maximum absolute atomic E-state index is 12.1. The fourth-order valence-electron chi connectivity index (χ4n) is 3.28. The Labute approximate surface area is 126 Å². The lowest BCUT2D eigenvalue weighted by atomic mass is 9.76. The van der Waals surface area contributed by atoms with Crippen LogP contribution in [0.5, 0.6) is 0 Å². The molecule has 0 saturated heterocycles. The highest BCUT2D eigenvalue weighted by Gasteiger charge is 2.43. The number of nitrogens with zero attached hydrogens (tertiary/aromatic N) is 1. The number of hydrogen-bond acceptors (Lipinski definition) is 3. The van der Waals surface area contributed by atoms with Gasteiger partial charge in [0.25, 0.3) is 0 Å². The zero-order valence-electron chi connectivity index (χ0n) is 12.4. The van der Waals surface area contributed by atoms with Crippen molar-refractivity contribution in [2.75, 3.05) is 6.61 Å². The summed E-state index contributed by atoms with van der Waals surface area (Å²) < 4.78 is 5.06. The first-order chi connectivity index (χ1) is 10.2. The molecule has 110 valence electrons. The molecule has 0 amide bonds. The molecule has 0 aromatic heterocycles. The van der Waals surface area contributed by atoms with Gasteiger partial charge in [-0.2, -0.15) is 5.26 Å². The van der Waals surface area contributed by atoms with Gasteiger partial charge in [-0.25, -0.2) is 0 Å². The second-order valence-electron chi connectivity index (χ2n) is 5.39. The third kappa shape index (κ3) is 3.26. The van der Waals surface area contributed by atoms with E-state index in [9.17, 15) is 10.1 Å². The van der Waals surface area contributed by atoms with E-state index >= 15 is 0 Å². The summed E-state index contributed by atoms with van der Waals surface area (Å²) in [5.41, 5.74) is 1.18. The summed E-state index contributed by atoms with van der Waals surface area (Å²) in [6, 6.07) is 12.3. The minimum atomic E-state index is -0.730. The Kier molecular flexibility index (Phi) is 5.38. The summed E-state index contributed by atoms with van der Waals surface area (Å²) in [4.78, 5) is 12.1. The normalized spacial score (nSPS) is 26.0. The average molecular weight is 283 g/mol. The number of hydrogen-bond donors (Lipinski definition) is 0. The van der Waals surface area contributed by atoms with E-state index in [1.807, 2.05) is 18.2 Å². The molecule has 0 bridgehead atoms. The number of ether oxygens (including phenoxy) is 1. The number of esters is 1. The van der Waals surface area contributed by atoms with Crippen molar-refractivity contribution in [2.24, 2.45) is 17.8 Å². The number of rotatable bonds is 5. The highest BCUT2D eigenvalue weighted by atomic mass is 16.5. The molecule has 21 heavy (non-hydrogen) atoms. The van der Waals surface area contributed by atoms with E-state index in [0.717, 1.165) is 12.8 Å². The average Bonchev–Trinajstić information content (AvgIpc) is 2.93. The van der Waals surface area contributed by atoms with Crippen molar-refractivity contribution in [3.63, 3.8) is 0 Å². The van der Waals surface area contributed by atoms with E-state index in [0.29, 0.717) is 12.5 Å². The van der Waals surface area contributed by atoms with Gasteiger partial charge in [-0.1, -0.05) is 37.3 Å². The lowest BCUT2D eigenvalue weighted by Gasteiger charge is -2.27. The molecule has 3 heteroatoms. The molecule has 0 aliphatic heterocycles. The van der Waals surface area contributed by atoms with Crippen LogP contribution in [0.4, 0.5) is 0 Å². The zero-order chi connectivity index (χ0) is 15.2. The van der Waals surface area contributed by atoms with Crippen LogP contribution in [-0.4, -0.2) is 12.6 Å². The number of carbonyl (C=O) groups excluding carboxylic acids is 1. The Hall–Kier alpha value is -1.82. The van der Waals surface area contributed by atoms with E-state index in [1.165, 1.54) is 5.56 Å². The van der Waals surface area contributed by atoms with Crippen molar-refractivity contribution >= 4 is 5.97 Å². The van der Waals surface area contributed by atoms with Crippen LogP contribution in [0.15, 0.2) is 30.3 Å². The predicted molar refractivity (Wildman–Crippen MR) is 80.8 cm³/mol. The van der Waals surface area contributed by atoms with Crippen LogP contribution >= 0.6 is 0 Å². The summed E-state index contributed by atoms with van der Waals surface area (Å²) >= 11 is 0. The fraction of sp³-hybridized carbons (Fsp3) is 0.444. The van der Waals surface area contributed by atoms with Gasteiger partial charge in [0.1, 0.15) is 5.92 Å². The Morgan fingerprint density at radius 1 is 1.48 bits per heavy atom. The van der Waals surface area contributed by atoms with Gasteiger partial charge in [-0.05, 0) is 49.5 Å². The Morgan fingerprint density at radius 2 is 2.19 bits per heavy atom. The van der Waals surface area contributed by atoms with Crippen LogP contribution in [0, 0.1) is 42.4 Å². The van der Waals surface area contributed by atoms with Gasteiger partial charge in [0.05, 0.1) is 12.7 Å². The van der Waals surface area contributed by atoms with Crippen LogP contribution in [0.3, 0.4) is 0 Å². The number of benzene rings is 1. The molecule has 1 saturated carbocycles. The minimum Gasteiger partial charge on any atom is -0.465 e. The minimum absolute atomic E-state index is 0.0943. The fourth-order valence-corrected chi connectivity index (χ4v) is 3.28. The van der Waals surface area contributed by atoms with Crippen LogP contribution in [0.1, 0.15) is 31.2 Å². The largest absolute Gasteiger partial charge is 0.465 e. The quantitative estimate of drug-likeness (QED) is 0.777. The molecule has 4 atom stereocenters. The van der Waals surface area contributed by atoms with E-state index < -0.39 is 11.9 Å². The Morgan fingerprint density at radius 3 is 2.76 bits per heavy atom. The highest BCUT2D eigenvalue weighted by molar-refractivity contribution is 5.76. The van der Waals surface area contributed by atoms with Crippen molar-refractivity contribution in [2.45, 2.75) is 25.7 Å². The highest BCUT2D eigenvalue weighted by Crippen LogP contribution is 2.48. The summed E-state index contributed by atoms with van der Waals surface area (Å²) in [6.07, 6.45) is 3.80. The van der Waals surface area contributed by atoms with Crippen molar-refractivity contribution in [1.82, 2.24) is 0 Å². The van der Waals surface area contributed by atoms with Crippen molar-refractivity contribution in [1.29, 1.82) is 5.26 Å². The van der Waals surface area contributed by atoms with Crippen LogP contribution < -0.4 is 0 Å². The van der Waals surface area contributed by atoms with Gasteiger partial charge in [-0.3, -0.25) is 4.79 Å². The van der Waals surface area contributed by atoms with Gasteiger partial charge in [0.2, 0.25) is 0 Å². The van der Waals surface area contributed by atoms with E-state index in [4.69, 9.17) is 4.74 Å². The van der Waals surface area contributed by atoms with Gasteiger partial charge in [0.15, 0.2) is 0 Å². The molecule has 1 aliphatic carbocycles. The van der Waals surface area contributed by atoms with Gasteiger partial charge in [0, 0.05) is 0 Å². The Balaban J connectivity index is 2.29. The topological polar surface area (TPSA) is 50.1 Å². The van der Waals surface area contributed by atoms with E-state index in [2.05, 4.69) is 31.5 Å². The van der Waals surface area contributed by atoms with Crippen LogP contribution in [-0.2, 0) is 9.53 Å². The molecule has 1 fully saturated rings. The molecule has 1 aromatic rings. The first-order valence-corrected chi connectivity index (χ1v) is 7.46. The number of carbonyl (C=O) groups is 1.